The molecular weight excluding hydrogens is 362 g/mol. The molecule has 0 amide bonds. The Morgan fingerprint density at radius 3 is 2.46 bits per heavy atom. The van der Waals surface area contributed by atoms with E-state index in [1.807, 2.05) is 0 Å². The number of aliphatic hydroxyl groups excluding tert-OH is 1. The third kappa shape index (κ3) is 3.96. The molecule has 1 heterocycles. The first-order chi connectivity index (χ1) is 13.4. The van der Waals surface area contributed by atoms with Gasteiger partial charge >= 0.3 is 0 Å². The van der Waals surface area contributed by atoms with Crippen molar-refractivity contribution in [2.75, 3.05) is 26.1 Å². The van der Waals surface area contributed by atoms with Crippen molar-refractivity contribution >= 4 is 22.3 Å². The van der Waals surface area contributed by atoms with E-state index in [0.29, 0.717) is 39.3 Å². The van der Waals surface area contributed by atoms with E-state index in [1.165, 1.54) is 6.07 Å². The number of non-ortho nitro benzene ring substituents is 1. The molecule has 1 unspecified atom stereocenters. The van der Waals surface area contributed by atoms with Crippen LogP contribution in [0, 0.1) is 17.0 Å². The number of pyridine rings is 1. The summed E-state index contributed by atoms with van der Waals surface area (Å²) in [5.74, 6) is 1.16. The van der Waals surface area contributed by atoms with E-state index in [-0.39, 0.29) is 12.2 Å². The van der Waals surface area contributed by atoms with Crippen LogP contribution in [0.4, 0.5) is 11.4 Å². The highest BCUT2D eigenvalue weighted by atomic mass is 16.6. The second-order valence-electron chi connectivity index (χ2n) is 6.28. The minimum atomic E-state index is -0.841. The van der Waals surface area contributed by atoms with E-state index in [4.69, 9.17) is 9.47 Å². The maximum atomic E-state index is 11.3. The summed E-state index contributed by atoms with van der Waals surface area (Å²) in [6.07, 6.45) is -0.841. The molecule has 28 heavy (non-hydrogen) atoms. The van der Waals surface area contributed by atoms with E-state index in [2.05, 4.69) is 10.3 Å². The lowest BCUT2D eigenvalue weighted by Crippen LogP contribution is -2.13. The number of benzene rings is 2. The number of nitrogens with one attached hydrogen (secondary N) is 1. The minimum absolute atomic E-state index is 0.0534. The molecule has 2 aromatic carbocycles. The van der Waals surface area contributed by atoms with Gasteiger partial charge in [-0.2, -0.15) is 0 Å². The Morgan fingerprint density at radius 2 is 1.86 bits per heavy atom. The first kappa shape index (κ1) is 19.4. The minimum Gasteiger partial charge on any atom is -0.497 e. The van der Waals surface area contributed by atoms with Crippen LogP contribution in [0.2, 0.25) is 0 Å². The van der Waals surface area contributed by atoms with Crippen molar-refractivity contribution in [3.63, 3.8) is 0 Å². The number of rotatable bonds is 7. The average molecular weight is 383 g/mol. The zero-order valence-electron chi connectivity index (χ0n) is 15.8. The molecule has 8 nitrogen and oxygen atoms in total. The molecule has 0 fully saturated rings. The number of para-hydroxylation sites is 1. The number of aromatic nitrogens is 1. The Balaban J connectivity index is 1.90. The second kappa shape index (κ2) is 8.10. The summed E-state index contributed by atoms with van der Waals surface area (Å²) in [6, 6.07) is 11.8. The van der Waals surface area contributed by atoms with Crippen LogP contribution in [0.5, 0.6) is 11.5 Å². The summed E-state index contributed by atoms with van der Waals surface area (Å²) in [5.41, 5.74) is 2.20. The van der Waals surface area contributed by atoms with Gasteiger partial charge in [-0.1, -0.05) is 12.1 Å². The molecule has 0 saturated carbocycles. The van der Waals surface area contributed by atoms with Crippen molar-refractivity contribution < 1.29 is 19.5 Å². The van der Waals surface area contributed by atoms with Crippen molar-refractivity contribution in [1.82, 2.24) is 4.98 Å². The van der Waals surface area contributed by atoms with Crippen molar-refractivity contribution in [3.8, 4) is 11.5 Å². The molecule has 0 saturated heterocycles. The molecule has 1 aromatic heterocycles. The van der Waals surface area contributed by atoms with Crippen LogP contribution in [0.15, 0.2) is 42.5 Å². The van der Waals surface area contributed by atoms with Gasteiger partial charge in [0.2, 0.25) is 0 Å². The van der Waals surface area contributed by atoms with E-state index < -0.39 is 11.0 Å². The van der Waals surface area contributed by atoms with Crippen LogP contribution in [-0.4, -0.2) is 35.8 Å². The van der Waals surface area contributed by atoms with E-state index >= 15 is 0 Å². The molecule has 0 spiro atoms. The molecule has 1 atom stereocenters. The topological polar surface area (TPSA) is 107 Å². The number of fused-ring (bicyclic) bond motifs is 1. The summed E-state index contributed by atoms with van der Waals surface area (Å²) in [6.45, 7) is 1.96. The van der Waals surface area contributed by atoms with Crippen LogP contribution in [0.3, 0.4) is 0 Å². The van der Waals surface area contributed by atoms with Crippen LogP contribution >= 0.6 is 0 Å². The molecule has 0 bridgehead atoms. The van der Waals surface area contributed by atoms with Gasteiger partial charge in [0, 0.05) is 35.4 Å². The lowest BCUT2D eigenvalue weighted by atomic mass is 10.1. The summed E-state index contributed by atoms with van der Waals surface area (Å²) in [5, 5.41) is 25.7. The quantitative estimate of drug-likeness (QED) is 0.474. The van der Waals surface area contributed by atoms with Gasteiger partial charge in [0.15, 0.2) is 5.52 Å². The van der Waals surface area contributed by atoms with Crippen LogP contribution in [0.1, 0.15) is 17.4 Å². The Hall–Kier alpha value is -3.39. The molecule has 0 aliphatic rings. The number of ether oxygens (including phenoxy) is 2. The van der Waals surface area contributed by atoms with E-state index in [9.17, 15) is 15.2 Å². The second-order valence-corrected chi connectivity index (χ2v) is 6.28. The molecule has 8 heteroatoms. The molecule has 0 aliphatic carbocycles. The van der Waals surface area contributed by atoms with Crippen LogP contribution in [0.25, 0.3) is 10.9 Å². The Bertz CT molecular complexity index is 1000. The number of aliphatic hydroxyl groups is 1. The fourth-order valence-electron chi connectivity index (χ4n) is 3.00. The van der Waals surface area contributed by atoms with Crippen molar-refractivity contribution in [1.29, 1.82) is 0 Å². The van der Waals surface area contributed by atoms with Gasteiger partial charge in [-0.3, -0.25) is 10.1 Å². The van der Waals surface area contributed by atoms with Crippen molar-refractivity contribution in [2.45, 2.75) is 13.0 Å². The predicted octanol–water partition coefficient (Wildman–Crippen LogP) is 3.61. The fourth-order valence-corrected chi connectivity index (χ4v) is 3.00. The third-order valence-electron chi connectivity index (χ3n) is 4.39. The number of hydrogen-bond acceptors (Lipinski definition) is 7. The van der Waals surface area contributed by atoms with Gasteiger partial charge in [0.05, 0.1) is 25.2 Å². The van der Waals surface area contributed by atoms with Crippen molar-refractivity contribution in [3.05, 3.63) is 63.8 Å². The monoisotopic (exact) mass is 383 g/mol. The van der Waals surface area contributed by atoms with Gasteiger partial charge < -0.3 is 19.9 Å². The number of aryl methyl sites for hydroxylation is 1. The largest absolute Gasteiger partial charge is 0.497 e. The van der Waals surface area contributed by atoms with E-state index in [1.54, 1.807) is 57.5 Å². The average Bonchev–Trinajstić information content (AvgIpc) is 2.70. The van der Waals surface area contributed by atoms with Gasteiger partial charge in [0.1, 0.15) is 11.5 Å². The molecule has 0 aliphatic heterocycles. The number of nitrogens with zero attached hydrogens (tertiary/aromatic N) is 2. The highest BCUT2D eigenvalue weighted by molar-refractivity contribution is 5.96. The number of methoxy groups -OCH3 is 2. The van der Waals surface area contributed by atoms with Gasteiger partial charge in [-0.05, 0) is 30.7 Å². The van der Waals surface area contributed by atoms with Crippen molar-refractivity contribution in [2.24, 2.45) is 0 Å². The maximum Gasteiger partial charge on any atom is 0.295 e. The number of nitro benzene ring substituents is 1. The zero-order valence-corrected chi connectivity index (χ0v) is 15.8. The zero-order chi connectivity index (χ0) is 20.3. The summed E-state index contributed by atoms with van der Waals surface area (Å²) < 4.78 is 10.5. The predicted molar refractivity (Wildman–Crippen MR) is 106 cm³/mol. The van der Waals surface area contributed by atoms with Gasteiger partial charge in [-0.15, -0.1) is 0 Å². The molecular formula is C20H21N3O5. The number of nitro groups is 1. The number of anilines is 1. The molecule has 3 aromatic rings. The lowest BCUT2D eigenvalue weighted by Gasteiger charge is -2.16. The molecule has 2 N–H and O–H groups in total. The normalized spacial score (nSPS) is 11.9. The first-order valence-corrected chi connectivity index (χ1v) is 8.62. The highest BCUT2D eigenvalue weighted by Crippen LogP contribution is 2.31. The van der Waals surface area contributed by atoms with Crippen LogP contribution in [-0.2, 0) is 0 Å². The van der Waals surface area contributed by atoms with Crippen LogP contribution < -0.4 is 14.8 Å². The molecule has 0 radical (unpaired) electrons. The third-order valence-corrected chi connectivity index (χ3v) is 4.39. The van der Waals surface area contributed by atoms with E-state index in [0.717, 1.165) is 0 Å². The Morgan fingerprint density at radius 1 is 1.18 bits per heavy atom. The standard InChI is InChI=1S/C20H21N3O5/c1-12-7-17(16-5-4-6-18(23(25)26)20(16)22-12)21-11-19(24)13-8-14(27-2)10-15(9-13)28-3/h4-10,19,24H,11H2,1-3H3,(H,21,22). The summed E-state index contributed by atoms with van der Waals surface area (Å²) >= 11 is 0. The Kier molecular flexibility index (Phi) is 5.60. The molecule has 3 rings (SSSR count). The lowest BCUT2D eigenvalue weighted by molar-refractivity contribution is -0.383. The smallest absolute Gasteiger partial charge is 0.295 e. The van der Waals surface area contributed by atoms with Gasteiger partial charge in [0.25, 0.3) is 5.69 Å². The SMILES string of the molecule is COc1cc(OC)cc(C(O)CNc2cc(C)nc3c([N+](=O)[O-])cccc23)c1. The fraction of sp³-hybridized carbons (Fsp3) is 0.250. The summed E-state index contributed by atoms with van der Waals surface area (Å²) in [4.78, 5) is 15.2. The molecule has 146 valence electrons. The maximum absolute atomic E-state index is 11.3. The van der Waals surface area contributed by atoms with Gasteiger partial charge in [-0.25, -0.2) is 4.98 Å². The highest BCUT2D eigenvalue weighted by Gasteiger charge is 2.17. The summed E-state index contributed by atoms with van der Waals surface area (Å²) in [7, 11) is 3.09. The number of hydrogen-bond donors (Lipinski definition) is 2. The first-order valence-electron chi connectivity index (χ1n) is 8.62. The Labute approximate surface area is 161 Å².